The zero-order valence-corrected chi connectivity index (χ0v) is 23.1. The van der Waals surface area contributed by atoms with Crippen LogP contribution in [-0.2, 0) is 0 Å². The van der Waals surface area contributed by atoms with Gasteiger partial charge in [-0.05, 0) is 67.4 Å². The lowest BCUT2D eigenvalue weighted by Gasteiger charge is -2.34. The summed E-state index contributed by atoms with van der Waals surface area (Å²) in [6.07, 6.45) is 0. The molecule has 0 bridgehead atoms. The number of carbonyl (C=O) groups is 1. The Hall–Kier alpha value is -4.21. The van der Waals surface area contributed by atoms with Gasteiger partial charge in [0.2, 0.25) is 0 Å². The van der Waals surface area contributed by atoms with E-state index in [0.29, 0.717) is 10.7 Å². The van der Waals surface area contributed by atoms with Crippen molar-refractivity contribution in [1.29, 1.82) is 0 Å². The number of aryl methyl sites for hydroxylation is 1. The first-order valence-corrected chi connectivity index (χ1v) is 14.1. The van der Waals surface area contributed by atoms with Gasteiger partial charge >= 0.3 is 0 Å². The van der Waals surface area contributed by atoms with Gasteiger partial charge in [-0.15, -0.1) is 11.3 Å². The maximum Gasteiger partial charge on any atom is 0.281 e. The second kappa shape index (κ2) is 10.7. The molecule has 0 spiro atoms. The third-order valence-electron chi connectivity index (χ3n) is 7.43. The molecule has 0 saturated carbocycles. The quantitative estimate of drug-likeness (QED) is 0.250. The van der Waals surface area contributed by atoms with Crippen LogP contribution >= 0.6 is 11.3 Å². The number of halogens is 1. The van der Waals surface area contributed by atoms with Crippen LogP contribution in [0.15, 0.2) is 72.8 Å². The number of hydrogen-bond donors (Lipinski definition) is 3. The zero-order valence-electron chi connectivity index (χ0n) is 22.3. The molecule has 3 N–H and O–H groups in total. The molecular formula is C31H30FN5O2S. The molecule has 3 heterocycles. The first kappa shape index (κ1) is 26.0. The van der Waals surface area contributed by atoms with Crippen LogP contribution in [0.25, 0.3) is 21.3 Å². The number of para-hydroxylation sites is 1. The molecule has 1 amide bonds. The lowest BCUT2D eigenvalue weighted by molar-refractivity contribution is 0.0941. The Morgan fingerprint density at radius 1 is 1.05 bits per heavy atom. The fourth-order valence-electron chi connectivity index (χ4n) is 5.17. The van der Waals surface area contributed by atoms with Crippen LogP contribution < -0.4 is 10.2 Å². The molecule has 3 aromatic carbocycles. The van der Waals surface area contributed by atoms with E-state index in [1.807, 2.05) is 37.3 Å². The monoisotopic (exact) mass is 555 g/mol. The lowest BCUT2D eigenvalue weighted by atomic mass is 10.0. The summed E-state index contributed by atoms with van der Waals surface area (Å²) < 4.78 is 14.2. The number of phenolic OH excluding ortho intramolecular Hbond substituents is 1. The number of amides is 1. The molecule has 1 saturated heterocycles. The standard InChI is InChI=1S/C31H30FN5O2S/c1-19-29(20-7-10-23(11-8-20)37-15-13-36(2)14-16-37)40-31(33-19)30(39)35-28(24-18-22(32)9-12-27(24)38)26-17-21-5-3-4-6-25(21)34-26/h3-12,17-18,28,34,38H,13-16H2,1-2H3,(H,35,39)/t28-/m0/s1. The number of rotatable bonds is 6. The van der Waals surface area contributed by atoms with Gasteiger partial charge in [-0.2, -0.15) is 0 Å². The summed E-state index contributed by atoms with van der Waals surface area (Å²) in [4.78, 5) is 27.0. The first-order chi connectivity index (χ1) is 19.4. The van der Waals surface area contributed by atoms with Gasteiger partial charge in [-0.1, -0.05) is 30.3 Å². The van der Waals surface area contributed by atoms with E-state index in [1.165, 1.54) is 35.2 Å². The number of aromatic nitrogens is 2. The second-order valence-electron chi connectivity index (χ2n) is 10.2. The predicted octanol–water partition coefficient (Wildman–Crippen LogP) is 5.72. The number of phenols is 1. The maximum atomic E-state index is 14.2. The van der Waals surface area contributed by atoms with Gasteiger partial charge in [0.25, 0.3) is 5.91 Å². The average Bonchev–Trinajstić information content (AvgIpc) is 3.57. The van der Waals surface area contributed by atoms with Crippen LogP contribution in [0.5, 0.6) is 5.75 Å². The van der Waals surface area contributed by atoms with E-state index in [-0.39, 0.29) is 11.3 Å². The van der Waals surface area contributed by atoms with Gasteiger partial charge in [-0.3, -0.25) is 4.79 Å². The van der Waals surface area contributed by atoms with Gasteiger partial charge in [0.1, 0.15) is 11.6 Å². The van der Waals surface area contributed by atoms with Gasteiger partial charge in [0, 0.05) is 48.6 Å². The highest BCUT2D eigenvalue weighted by Crippen LogP contribution is 2.34. The number of hydrogen-bond acceptors (Lipinski definition) is 6. The van der Waals surface area contributed by atoms with Crippen molar-refractivity contribution in [3.8, 4) is 16.2 Å². The van der Waals surface area contributed by atoms with Crippen molar-refractivity contribution in [2.45, 2.75) is 13.0 Å². The summed E-state index contributed by atoms with van der Waals surface area (Å²) in [6.45, 7) is 5.98. The van der Waals surface area contributed by atoms with E-state index in [9.17, 15) is 14.3 Å². The Labute approximate surface area is 235 Å². The molecule has 2 aromatic heterocycles. The summed E-state index contributed by atoms with van der Waals surface area (Å²) in [5.74, 6) is -1.02. The Balaban J connectivity index is 1.27. The molecular weight excluding hydrogens is 525 g/mol. The number of H-pyrrole nitrogens is 1. The second-order valence-corrected chi connectivity index (χ2v) is 11.2. The molecule has 40 heavy (non-hydrogen) atoms. The van der Waals surface area contributed by atoms with Gasteiger partial charge in [0.15, 0.2) is 5.01 Å². The summed E-state index contributed by atoms with van der Waals surface area (Å²) in [6, 6.07) is 20.9. The molecule has 0 unspecified atom stereocenters. The number of anilines is 1. The minimum Gasteiger partial charge on any atom is -0.508 e. The highest BCUT2D eigenvalue weighted by Gasteiger charge is 2.25. The fraction of sp³-hybridized carbons (Fsp3) is 0.226. The molecule has 1 fully saturated rings. The van der Waals surface area contributed by atoms with Crippen LogP contribution in [0.3, 0.4) is 0 Å². The van der Waals surface area contributed by atoms with Crippen LogP contribution in [0.4, 0.5) is 10.1 Å². The normalized spacial score (nSPS) is 14.9. The number of thiazole rings is 1. The van der Waals surface area contributed by atoms with Gasteiger partial charge < -0.3 is 25.2 Å². The summed E-state index contributed by atoms with van der Waals surface area (Å²) in [7, 11) is 2.14. The highest BCUT2D eigenvalue weighted by molar-refractivity contribution is 7.17. The van der Waals surface area contributed by atoms with E-state index in [1.54, 1.807) is 0 Å². The topological polar surface area (TPSA) is 84.5 Å². The minimum atomic E-state index is -0.814. The third kappa shape index (κ3) is 5.17. The molecule has 1 aliphatic heterocycles. The number of benzene rings is 3. The van der Waals surface area contributed by atoms with E-state index in [2.05, 4.69) is 56.4 Å². The molecule has 204 valence electrons. The van der Waals surface area contributed by atoms with Crippen molar-refractivity contribution >= 4 is 33.8 Å². The van der Waals surface area contributed by atoms with Crippen LogP contribution in [0.2, 0.25) is 0 Å². The molecule has 1 aliphatic rings. The Morgan fingerprint density at radius 3 is 2.55 bits per heavy atom. The average molecular weight is 556 g/mol. The number of likely N-dealkylation sites (N-methyl/N-ethyl adjacent to an activating group) is 1. The third-order valence-corrected chi connectivity index (χ3v) is 8.63. The molecule has 5 aromatic rings. The number of aromatic hydroxyl groups is 1. The molecule has 6 rings (SSSR count). The molecule has 9 heteroatoms. The Morgan fingerprint density at radius 2 is 1.80 bits per heavy atom. The molecule has 1 atom stereocenters. The molecule has 0 aliphatic carbocycles. The zero-order chi connectivity index (χ0) is 27.8. The van der Waals surface area contributed by atoms with Crippen molar-refractivity contribution in [2.24, 2.45) is 0 Å². The number of nitrogens with one attached hydrogen (secondary N) is 2. The van der Waals surface area contributed by atoms with E-state index < -0.39 is 17.8 Å². The van der Waals surface area contributed by atoms with Crippen molar-refractivity contribution in [2.75, 3.05) is 38.1 Å². The minimum absolute atomic E-state index is 0.109. The van der Waals surface area contributed by atoms with E-state index >= 15 is 0 Å². The van der Waals surface area contributed by atoms with Gasteiger partial charge in [0.05, 0.1) is 16.6 Å². The van der Waals surface area contributed by atoms with Crippen molar-refractivity contribution < 1.29 is 14.3 Å². The SMILES string of the molecule is Cc1nc(C(=O)N[C@H](c2cc3ccccc3[nH]2)c2cc(F)ccc2O)sc1-c1ccc(N2CCN(C)CC2)cc1. The lowest BCUT2D eigenvalue weighted by Crippen LogP contribution is -2.44. The number of carbonyl (C=O) groups excluding carboxylic acids is 1. The highest BCUT2D eigenvalue weighted by atomic mass is 32.1. The molecule has 7 nitrogen and oxygen atoms in total. The molecule has 0 radical (unpaired) electrons. The summed E-state index contributed by atoms with van der Waals surface area (Å²) in [5, 5.41) is 14.8. The Kier molecular flexibility index (Phi) is 7.00. The van der Waals surface area contributed by atoms with Crippen molar-refractivity contribution in [1.82, 2.24) is 20.2 Å². The number of fused-ring (bicyclic) bond motifs is 1. The van der Waals surface area contributed by atoms with Crippen molar-refractivity contribution in [3.05, 3.63) is 101 Å². The summed E-state index contributed by atoms with van der Waals surface area (Å²) >= 11 is 1.32. The largest absolute Gasteiger partial charge is 0.508 e. The number of aromatic amines is 1. The van der Waals surface area contributed by atoms with E-state index in [0.717, 1.165) is 53.2 Å². The van der Waals surface area contributed by atoms with Crippen molar-refractivity contribution in [3.63, 3.8) is 0 Å². The smallest absolute Gasteiger partial charge is 0.281 e. The summed E-state index contributed by atoms with van der Waals surface area (Å²) in [5.41, 5.74) is 4.71. The number of nitrogens with zero attached hydrogens (tertiary/aromatic N) is 3. The fourth-order valence-corrected chi connectivity index (χ4v) is 6.15. The predicted molar refractivity (Wildman–Crippen MR) is 158 cm³/mol. The van der Waals surface area contributed by atoms with E-state index in [4.69, 9.17) is 0 Å². The van der Waals surface area contributed by atoms with Gasteiger partial charge in [-0.25, -0.2) is 9.37 Å². The van der Waals surface area contributed by atoms with Crippen LogP contribution in [0, 0.1) is 12.7 Å². The maximum absolute atomic E-state index is 14.2. The van der Waals surface area contributed by atoms with Crippen LogP contribution in [0.1, 0.15) is 32.8 Å². The number of piperazine rings is 1. The Bertz CT molecular complexity index is 1640. The first-order valence-electron chi connectivity index (χ1n) is 13.2. The van der Waals surface area contributed by atoms with Crippen LogP contribution in [-0.4, -0.2) is 59.1 Å².